The predicted molar refractivity (Wildman–Crippen MR) is 71.9 cm³/mol. The molecule has 0 aliphatic carbocycles. The van der Waals surface area contributed by atoms with Gasteiger partial charge in [-0.05, 0) is 26.2 Å². The summed E-state index contributed by atoms with van der Waals surface area (Å²) in [5, 5.41) is 5.44. The van der Waals surface area contributed by atoms with Crippen molar-refractivity contribution in [2.45, 2.75) is 50.5 Å². The molecule has 2 aliphatic heterocycles. The zero-order valence-electron chi connectivity index (χ0n) is 11.4. The summed E-state index contributed by atoms with van der Waals surface area (Å²) < 4.78 is 36.2. The molecule has 2 saturated heterocycles. The number of carbonyl (C=O) groups excluding carboxylic acids is 1. The lowest BCUT2D eigenvalue weighted by Gasteiger charge is -2.29. The molecule has 0 aromatic rings. The van der Waals surface area contributed by atoms with E-state index in [-0.39, 0.29) is 12.4 Å². The summed E-state index contributed by atoms with van der Waals surface area (Å²) in [5.41, 5.74) is 0. The highest BCUT2D eigenvalue weighted by atomic mass is 35.5. The van der Waals surface area contributed by atoms with Crippen LogP contribution in [-0.2, 0) is 4.79 Å². The van der Waals surface area contributed by atoms with E-state index in [1.54, 1.807) is 6.92 Å². The molecule has 0 saturated carbocycles. The summed E-state index contributed by atoms with van der Waals surface area (Å²) in [6.45, 7) is 1.91. The molecule has 118 valence electrons. The molecule has 20 heavy (non-hydrogen) atoms. The van der Waals surface area contributed by atoms with E-state index in [0.717, 1.165) is 32.4 Å². The van der Waals surface area contributed by atoms with Crippen molar-refractivity contribution in [3.8, 4) is 0 Å². The van der Waals surface area contributed by atoms with E-state index < -0.39 is 24.7 Å². The number of fused-ring (bicyclic) bond motifs is 2. The van der Waals surface area contributed by atoms with Crippen LogP contribution in [0.3, 0.4) is 0 Å². The molecule has 2 heterocycles. The number of nitrogens with one attached hydrogen (secondary N) is 2. The van der Waals surface area contributed by atoms with E-state index in [1.165, 1.54) is 0 Å². The van der Waals surface area contributed by atoms with Crippen molar-refractivity contribution < 1.29 is 18.0 Å². The van der Waals surface area contributed by atoms with Crippen molar-refractivity contribution in [2.24, 2.45) is 0 Å². The smallest absolute Gasteiger partial charge is 0.346 e. The van der Waals surface area contributed by atoms with Gasteiger partial charge in [0.05, 0.1) is 6.04 Å². The van der Waals surface area contributed by atoms with Gasteiger partial charge >= 0.3 is 6.18 Å². The van der Waals surface area contributed by atoms with Crippen LogP contribution in [-0.4, -0.2) is 54.7 Å². The van der Waals surface area contributed by atoms with Gasteiger partial charge in [0.2, 0.25) is 5.91 Å². The maximum atomic E-state index is 12.1. The fourth-order valence-electron chi connectivity index (χ4n) is 2.82. The maximum absolute atomic E-state index is 12.1. The molecule has 4 nitrogen and oxygen atoms in total. The third-order valence-corrected chi connectivity index (χ3v) is 3.94. The molecule has 0 aromatic carbocycles. The molecule has 3 unspecified atom stereocenters. The van der Waals surface area contributed by atoms with E-state index in [2.05, 4.69) is 5.32 Å². The summed E-state index contributed by atoms with van der Waals surface area (Å²) in [4.78, 5) is 13.7. The number of halogens is 4. The minimum Gasteiger partial charge on any atom is -0.346 e. The Hall–Kier alpha value is -0.530. The Balaban J connectivity index is 0.00000200. The molecule has 0 aromatic heterocycles. The molecule has 0 spiro atoms. The van der Waals surface area contributed by atoms with Crippen LogP contribution in [0.2, 0.25) is 0 Å². The number of likely N-dealkylation sites (tertiary alicyclic amines) is 1. The molecule has 2 fully saturated rings. The van der Waals surface area contributed by atoms with Crippen molar-refractivity contribution in [2.75, 3.05) is 19.6 Å². The normalized spacial score (nSPS) is 28.4. The lowest BCUT2D eigenvalue weighted by molar-refractivity contribution is -0.141. The predicted octanol–water partition coefficient (Wildman–Crippen LogP) is 1.30. The lowest BCUT2D eigenvalue weighted by Crippen LogP contribution is -2.49. The Kier molecular flexibility index (Phi) is 6.09. The average molecular weight is 316 g/mol. The standard InChI is InChI=1S/C12H20F3N3O.ClH/c1-8(11(19)16-7-12(13,14)15)18-5-4-9-2-3-10(6-18)17-9;/h8-10,17H,2-7H2,1H3,(H,16,19);1H. The number of alkyl halides is 3. The first kappa shape index (κ1) is 17.5. The Bertz CT molecular complexity index is 340. The quantitative estimate of drug-likeness (QED) is 0.825. The number of amides is 1. The van der Waals surface area contributed by atoms with E-state index in [0.29, 0.717) is 12.1 Å². The van der Waals surface area contributed by atoms with Crippen molar-refractivity contribution in [3.05, 3.63) is 0 Å². The minimum atomic E-state index is -4.35. The van der Waals surface area contributed by atoms with Gasteiger partial charge < -0.3 is 10.6 Å². The highest BCUT2D eigenvalue weighted by molar-refractivity contribution is 5.85. The van der Waals surface area contributed by atoms with Gasteiger partial charge in [-0.3, -0.25) is 9.69 Å². The van der Waals surface area contributed by atoms with Crippen molar-refractivity contribution in [1.82, 2.24) is 15.5 Å². The Morgan fingerprint density at radius 1 is 1.35 bits per heavy atom. The summed E-state index contributed by atoms with van der Waals surface area (Å²) in [6.07, 6.45) is -1.16. The Labute approximate surface area is 122 Å². The van der Waals surface area contributed by atoms with Crippen molar-refractivity contribution >= 4 is 18.3 Å². The number of rotatable bonds is 3. The first-order chi connectivity index (χ1) is 8.85. The van der Waals surface area contributed by atoms with Gasteiger partial charge in [-0.2, -0.15) is 13.2 Å². The molecule has 8 heteroatoms. The van der Waals surface area contributed by atoms with Gasteiger partial charge in [0, 0.05) is 25.2 Å². The Morgan fingerprint density at radius 2 is 2.00 bits per heavy atom. The molecule has 2 rings (SSSR count). The summed E-state index contributed by atoms with van der Waals surface area (Å²) >= 11 is 0. The average Bonchev–Trinajstić information content (AvgIpc) is 2.64. The zero-order valence-corrected chi connectivity index (χ0v) is 12.2. The second-order valence-corrected chi connectivity index (χ2v) is 5.43. The third kappa shape index (κ3) is 4.79. The maximum Gasteiger partial charge on any atom is 0.405 e. The monoisotopic (exact) mass is 315 g/mol. The molecule has 2 bridgehead atoms. The second kappa shape index (κ2) is 6.95. The van der Waals surface area contributed by atoms with Gasteiger partial charge in [0.1, 0.15) is 6.54 Å². The van der Waals surface area contributed by atoms with Gasteiger partial charge in [-0.25, -0.2) is 0 Å². The van der Waals surface area contributed by atoms with Crippen molar-refractivity contribution in [1.29, 1.82) is 0 Å². The first-order valence-corrected chi connectivity index (χ1v) is 6.70. The van der Waals surface area contributed by atoms with E-state index in [1.807, 2.05) is 10.2 Å². The Morgan fingerprint density at radius 3 is 2.65 bits per heavy atom. The summed E-state index contributed by atoms with van der Waals surface area (Å²) in [5.74, 6) is -0.546. The zero-order chi connectivity index (χ0) is 14.0. The first-order valence-electron chi connectivity index (χ1n) is 6.70. The molecule has 0 radical (unpaired) electrons. The molecule has 2 N–H and O–H groups in total. The molecular formula is C12H21ClF3N3O. The van der Waals surface area contributed by atoms with E-state index in [9.17, 15) is 18.0 Å². The number of nitrogens with zero attached hydrogens (tertiary/aromatic N) is 1. The van der Waals surface area contributed by atoms with Crippen LogP contribution >= 0.6 is 12.4 Å². The van der Waals surface area contributed by atoms with Gasteiger partial charge in [-0.1, -0.05) is 0 Å². The van der Waals surface area contributed by atoms with Crippen molar-refractivity contribution in [3.63, 3.8) is 0 Å². The molecule has 1 amide bonds. The van der Waals surface area contributed by atoms with Crippen LogP contribution in [0, 0.1) is 0 Å². The van der Waals surface area contributed by atoms with Crippen LogP contribution in [0.25, 0.3) is 0 Å². The van der Waals surface area contributed by atoms with Gasteiger partial charge in [0.25, 0.3) is 0 Å². The lowest BCUT2D eigenvalue weighted by atomic mass is 10.1. The van der Waals surface area contributed by atoms with Crippen LogP contribution < -0.4 is 10.6 Å². The van der Waals surface area contributed by atoms with E-state index in [4.69, 9.17) is 0 Å². The number of hydrogen-bond acceptors (Lipinski definition) is 3. The third-order valence-electron chi connectivity index (χ3n) is 3.94. The fraction of sp³-hybridized carbons (Fsp3) is 0.917. The van der Waals surface area contributed by atoms with Crippen LogP contribution in [0.1, 0.15) is 26.2 Å². The summed E-state index contributed by atoms with van der Waals surface area (Å²) in [7, 11) is 0. The van der Waals surface area contributed by atoms with E-state index >= 15 is 0 Å². The molecule has 3 atom stereocenters. The SMILES string of the molecule is CC(C(=O)NCC(F)(F)F)N1CCC2CCC(C1)N2.Cl. The largest absolute Gasteiger partial charge is 0.405 e. The highest BCUT2D eigenvalue weighted by Gasteiger charge is 2.34. The molecular weight excluding hydrogens is 295 g/mol. The summed E-state index contributed by atoms with van der Waals surface area (Å²) in [6, 6.07) is 0.356. The molecule has 2 aliphatic rings. The topological polar surface area (TPSA) is 44.4 Å². The van der Waals surface area contributed by atoms with Crippen LogP contribution in [0.4, 0.5) is 13.2 Å². The van der Waals surface area contributed by atoms with Gasteiger partial charge in [0.15, 0.2) is 0 Å². The fourth-order valence-corrected chi connectivity index (χ4v) is 2.82. The van der Waals surface area contributed by atoms with Crippen LogP contribution in [0.5, 0.6) is 0 Å². The highest BCUT2D eigenvalue weighted by Crippen LogP contribution is 2.21. The van der Waals surface area contributed by atoms with Crippen LogP contribution in [0.15, 0.2) is 0 Å². The second-order valence-electron chi connectivity index (χ2n) is 5.43. The number of carbonyl (C=O) groups is 1. The minimum absolute atomic E-state index is 0. The number of hydrogen-bond donors (Lipinski definition) is 2. The van der Waals surface area contributed by atoms with Gasteiger partial charge in [-0.15, -0.1) is 12.4 Å².